The first-order valence-corrected chi connectivity index (χ1v) is 34.0. The number of allylic oxidation sites excluding steroid dienone is 9. The second-order valence-electron chi connectivity index (χ2n) is 23.9. The molecule has 0 saturated carbocycles. The van der Waals surface area contributed by atoms with Gasteiger partial charge in [-0.2, -0.15) is 0 Å². The van der Waals surface area contributed by atoms with Crippen molar-refractivity contribution >= 4 is 5.91 Å². The Kier molecular flexibility index (Phi) is 49.9. The number of aliphatic hydroxyl groups is 8. The molecule has 2 aliphatic heterocycles. The SMILES string of the molecule is CCCCCC/C=C\C/C=C\CCCCCCCC(=O)NC(COC1OC(CO)C(OC2OC(CO)C(O)C(O)C2O)C(O)C1O)C(O)/C=C/CC/C=C/CC/C=C/CCCCCCCCCCCCCCCCCCCCCCCCC. The van der Waals surface area contributed by atoms with Crippen LogP contribution < -0.4 is 5.32 Å². The largest absolute Gasteiger partial charge is 0.394 e. The molecule has 0 bridgehead atoms. The topological polar surface area (TPSA) is 228 Å². The summed E-state index contributed by atoms with van der Waals surface area (Å²) >= 11 is 0. The molecule has 12 unspecified atom stereocenters. The number of aliphatic hydroxyl groups excluding tert-OH is 8. The minimum Gasteiger partial charge on any atom is -0.394 e. The van der Waals surface area contributed by atoms with Gasteiger partial charge in [0.05, 0.1) is 32.0 Å². The van der Waals surface area contributed by atoms with Gasteiger partial charge in [-0.3, -0.25) is 4.79 Å². The fraction of sp³-hybridized carbons (Fsp3) is 0.841. The summed E-state index contributed by atoms with van der Waals surface area (Å²) in [6.45, 7) is 2.76. The van der Waals surface area contributed by atoms with Crippen LogP contribution in [0.25, 0.3) is 0 Å². The number of ether oxygens (including phenoxy) is 4. The molecule has 2 rings (SSSR count). The zero-order valence-corrected chi connectivity index (χ0v) is 52.4. The number of hydrogen-bond donors (Lipinski definition) is 9. The first-order chi connectivity index (χ1) is 40.6. The molecular formula is C69H125NO13. The number of rotatable bonds is 55. The average Bonchev–Trinajstić information content (AvgIpc) is 3.65. The molecule has 2 saturated heterocycles. The molecule has 83 heavy (non-hydrogen) atoms. The molecule has 0 aromatic heterocycles. The Morgan fingerprint density at radius 2 is 0.807 bits per heavy atom. The summed E-state index contributed by atoms with van der Waals surface area (Å²) in [5.41, 5.74) is 0. The molecule has 0 aromatic carbocycles. The summed E-state index contributed by atoms with van der Waals surface area (Å²) in [4.78, 5) is 13.3. The number of carbonyl (C=O) groups excluding carboxylic acids is 1. The summed E-state index contributed by atoms with van der Waals surface area (Å²) in [6, 6.07) is -0.948. The Hall–Kier alpha value is -2.31. The van der Waals surface area contributed by atoms with Crippen molar-refractivity contribution in [3.05, 3.63) is 60.8 Å². The Morgan fingerprint density at radius 1 is 0.434 bits per heavy atom. The summed E-state index contributed by atoms with van der Waals surface area (Å²) in [5, 5.41) is 87.2. The van der Waals surface area contributed by atoms with E-state index in [9.17, 15) is 45.6 Å². The standard InChI is InChI=1S/C69H125NO13/c1-3-5-7-9-11-13-15-17-19-21-22-23-24-25-26-27-28-29-30-31-32-33-34-35-36-37-38-40-42-44-46-48-50-52-58(73)57(70-61(74)53-51-49-47-45-43-41-39-20-18-16-14-12-10-8-6-4-2)56-80-68-66(79)64(77)67(60(55-72)82-68)83-69-65(78)63(76)62(75)59(54-71)81-69/h14,16,20,36-37,39,42,44,50,52,57-60,62-69,71-73,75-79H,3-13,15,17-19,21-35,38,40-41,43,45-49,51,53-56H2,1-2H3,(H,70,74)/b16-14-,37-36+,39-20-,44-42+,52-50+. The second-order valence-corrected chi connectivity index (χ2v) is 23.9. The molecular weight excluding hydrogens is 1050 g/mol. The highest BCUT2D eigenvalue weighted by Crippen LogP contribution is 2.30. The van der Waals surface area contributed by atoms with Crippen LogP contribution in [0.4, 0.5) is 0 Å². The van der Waals surface area contributed by atoms with E-state index in [1.807, 2.05) is 6.08 Å². The minimum absolute atomic E-state index is 0.252. The van der Waals surface area contributed by atoms with Gasteiger partial charge < -0.3 is 65.1 Å². The Labute approximate surface area is 505 Å². The van der Waals surface area contributed by atoms with Crippen LogP contribution in [0, 0.1) is 0 Å². The lowest BCUT2D eigenvalue weighted by Crippen LogP contribution is -2.65. The van der Waals surface area contributed by atoms with Gasteiger partial charge in [-0.05, 0) is 77.0 Å². The van der Waals surface area contributed by atoms with Crippen molar-refractivity contribution in [3.8, 4) is 0 Å². The van der Waals surface area contributed by atoms with Gasteiger partial charge in [-0.15, -0.1) is 0 Å². The van der Waals surface area contributed by atoms with Gasteiger partial charge in [0, 0.05) is 6.42 Å². The smallest absolute Gasteiger partial charge is 0.220 e. The highest BCUT2D eigenvalue weighted by molar-refractivity contribution is 5.76. The van der Waals surface area contributed by atoms with Gasteiger partial charge in [0.2, 0.25) is 5.91 Å². The van der Waals surface area contributed by atoms with E-state index in [4.69, 9.17) is 18.9 Å². The van der Waals surface area contributed by atoms with Gasteiger partial charge in [0.1, 0.15) is 48.8 Å². The van der Waals surface area contributed by atoms with Crippen molar-refractivity contribution in [1.29, 1.82) is 0 Å². The molecule has 1 amide bonds. The molecule has 12 atom stereocenters. The van der Waals surface area contributed by atoms with Crippen molar-refractivity contribution in [2.45, 2.75) is 351 Å². The molecule has 2 fully saturated rings. The molecule has 2 heterocycles. The highest BCUT2D eigenvalue weighted by atomic mass is 16.7. The Bertz CT molecular complexity index is 1620. The second kappa shape index (κ2) is 53.9. The van der Waals surface area contributed by atoms with E-state index in [1.165, 1.54) is 173 Å². The van der Waals surface area contributed by atoms with Crippen LogP contribution in [0.3, 0.4) is 0 Å². The summed E-state index contributed by atoms with van der Waals surface area (Å²) < 4.78 is 22.8. The molecule has 0 aliphatic carbocycles. The fourth-order valence-electron chi connectivity index (χ4n) is 10.9. The van der Waals surface area contributed by atoms with E-state index in [2.05, 4.69) is 67.8 Å². The average molecular weight is 1180 g/mol. The fourth-order valence-corrected chi connectivity index (χ4v) is 10.9. The maximum atomic E-state index is 13.3. The number of carbonyl (C=O) groups is 1. The third-order valence-electron chi connectivity index (χ3n) is 16.4. The molecule has 14 nitrogen and oxygen atoms in total. The first kappa shape index (κ1) is 76.8. The van der Waals surface area contributed by atoms with Gasteiger partial charge in [-0.25, -0.2) is 0 Å². The van der Waals surface area contributed by atoms with Crippen LogP contribution in [-0.2, 0) is 23.7 Å². The van der Waals surface area contributed by atoms with E-state index < -0.39 is 86.8 Å². The van der Waals surface area contributed by atoms with Crippen LogP contribution in [0.2, 0.25) is 0 Å². The van der Waals surface area contributed by atoms with Crippen LogP contribution in [-0.4, -0.2) is 140 Å². The molecule has 2 aliphatic rings. The Morgan fingerprint density at radius 3 is 1.27 bits per heavy atom. The predicted octanol–water partition coefficient (Wildman–Crippen LogP) is 13.3. The first-order valence-electron chi connectivity index (χ1n) is 34.0. The molecule has 0 aromatic rings. The number of amides is 1. The number of nitrogens with one attached hydrogen (secondary N) is 1. The van der Waals surface area contributed by atoms with E-state index in [0.29, 0.717) is 12.8 Å². The minimum atomic E-state index is -1.80. The van der Waals surface area contributed by atoms with Crippen LogP contribution in [0.15, 0.2) is 60.8 Å². The zero-order chi connectivity index (χ0) is 60.2. The van der Waals surface area contributed by atoms with E-state index >= 15 is 0 Å². The van der Waals surface area contributed by atoms with Gasteiger partial charge in [-0.1, -0.05) is 254 Å². The summed E-state index contributed by atoms with van der Waals surface area (Å²) in [5.74, 6) is -0.267. The number of hydrogen-bond acceptors (Lipinski definition) is 13. The maximum Gasteiger partial charge on any atom is 0.220 e. The lowest BCUT2D eigenvalue weighted by atomic mass is 9.97. The quantitative estimate of drug-likeness (QED) is 0.0204. The molecule has 0 spiro atoms. The molecule has 484 valence electrons. The molecule has 0 radical (unpaired) electrons. The van der Waals surface area contributed by atoms with Crippen molar-refractivity contribution in [3.63, 3.8) is 0 Å². The van der Waals surface area contributed by atoms with Crippen molar-refractivity contribution in [1.82, 2.24) is 5.32 Å². The van der Waals surface area contributed by atoms with Crippen LogP contribution in [0.1, 0.15) is 277 Å². The third-order valence-corrected chi connectivity index (χ3v) is 16.4. The zero-order valence-electron chi connectivity index (χ0n) is 52.4. The van der Waals surface area contributed by atoms with Gasteiger partial charge >= 0.3 is 0 Å². The lowest BCUT2D eigenvalue weighted by Gasteiger charge is -2.46. The van der Waals surface area contributed by atoms with E-state index in [1.54, 1.807) is 6.08 Å². The number of unbranched alkanes of at least 4 members (excludes halogenated alkanes) is 34. The lowest BCUT2D eigenvalue weighted by molar-refractivity contribution is -0.359. The molecule has 9 N–H and O–H groups in total. The van der Waals surface area contributed by atoms with E-state index in [-0.39, 0.29) is 18.9 Å². The summed E-state index contributed by atoms with van der Waals surface area (Å²) in [6.07, 6.45) is 54.4. The van der Waals surface area contributed by atoms with Crippen molar-refractivity contribution in [2.24, 2.45) is 0 Å². The van der Waals surface area contributed by atoms with Gasteiger partial charge in [0.15, 0.2) is 12.6 Å². The van der Waals surface area contributed by atoms with Gasteiger partial charge in [0.25, 0.3) is 0 Å². The van der Waals surface area contributed by atoms with Crippen LogP contribution in [0.5, 0.6) is 0 Å². The van der Waals surface area contributed by atoms with E-state index in [0.717, 1.165) is 70.6 Å². The van der Waals surface area contributed by atoms with Crippen molar-refractivity contribution in [2.75, 3.05) is 19.8 Å². The Balaban J connectivity index is 1.69. The third kappa shape index (κ3) is 38.6. The maximum absolute atomic E-state index is 13.3. The predicted molar refractivity (Wildman–Crippen MR) is 337 cm³/mol. The van der Waals surface area contributed by atoms with Crippen LogP contribution >= 0.6 is 0 Å². The summed E-state index contributed by atoms with van der Waals surface area (Å²) in [7, 11) is 0. The highest BCUT2D eigenvalue weighted by Gasteiger charge is 2.51. The normalized spacial score (nSPS) is 24.2. The molecule has 14 heteroatoms. The monoisotopic (exact) mass is 1180 g/mol. The van der Waals surface area contributed by atoms with Crippen molar-refractivity contribution < 1.29 is 64.6 Å².